The summed E-state index contributed by atoms with van der Waals surface area (Å²) in [4.78, 5) is 50.1. The maximum absolute atomic E-state index is 13.4. The van der Waals surface area contributed by atoms with Crippen molar-refractivity contribution in [3.8, 4) is 0 Å². The van der Waals surface area contributed by atoms with Crippen LogP contribution >= 0.6 is 0 Å². The Labute approximate surface area is 187 Å². The maximum Gasteiger partial charge on any atom is 0.316 e. The number of carbonyl (C=O) groups excluding carboxylic acids is 4. The third kappa shape index (κ3) is 2.91. The van der Waals surface area contributed by atoms with Crippen LogP contribution in [0.5, 0.6) is 0 Å². The molecule has 3 aliphatic carbocycles. The fourth-order valence-corrected chi connectivity index (χ4v) is 7.51. The second-order valence-electron chi connectivity index (χ2n) is 10.7. The SMILES string of the molecule is C=C1[C@H]2C[C@H](O)[C@@H]3[C@](C2)(C(=O)OC[C@]32[C@@H](OC(C)=O)CCC(C)(C)[C@H]2C=O)[C@@H]1OC(C)=O. The topological polar surface area (TPSA) is 116 Å². The van der Waals surface area contributed by atoms with Gasteiger partial charge in [-0.15, -0.1) is 0 Å². The van der Waals surface area contributed by atoms with Crippen molar-refractivity contribution in [2.75, 3.05) is 6.61 Å². The molecule has 4 rings (SSSR count). The average molecular weight is 449 g/mol. The Morgan fingerprint density at radius 3 is 2.47 bits per heavy atom. The lowest BCUT2D eigenvalue weighted by atomic mass is 9.43. The zero-order valence-electron chi connectivity index (χ0n) is 19.1. The van der Waals surface area contributed by atoms with Crippen molar-refractivity contribution < 1.29 is 38.5 Å². The standard InChI is InChI=1S/C24H32O8/c1-12-15-8-16(28)19-23(9-15,20(12)32-14(3)27)21(29)30-11-24(19)17(10-25)22(4,5)7-6-18(24)31-13(2)26/h10,15-20,28H,1,6-9,11H2,2-5H3/t15-,16-,17+,18-,19+,20+,23-,24-/m0/s1. The van der Waals surface area contributed by atoms with E-state index in [2.05, 4.69) is 6.58 Å². The number of esters is 3. The molecule has 0 aromatic heterocycles. The summed E-state index contributed by atoms with van der Waals surface area (Å²) in [5.41, 5.74) is -2.42. The van der Waals surface area contributed by atoms with E-state index in [1.165, 1.54) is 13.8 Å². The molecular weight excluding hydrogens is 416 g/mol. The average Bonchev–Trinajstić information content (AvgIpc) is 2.89. The largest absolute Gasteiger partial charge is 0.464 e. The normalized spacial score (nSPS) is 44.4. The van der Waals surface area contributed by atoms with Gasteiger partial charge in [0.25, 0.3) is 0 Å². The van der Waals surface area contributed by atoms with E-state index >= 15 is 0 Å². The number of ether oxygens (including phenoxy) is 3. The molecule has 0 aromatic carbocycles. The van der Waals surface area contributed by atoms with Crippen molar-refractivity contribution in [1.29, 1.82) is 0 Å². The van der Waals surface area contributed by atoms with Gasteiger partial charge in [-0.05, 0) is 42.6 Å². The monoisotopic (exact) mass is 448 g/mol. The number of hydrogen-bond donors (Lipinski definition) is 1. The van der Waals surface area contributed by atoms with Gasteiger partial charge in [0.2, 0.25) is 0 Å². The summed E-state index contributed by atoms with van der Waals surface area (Å²) in [7, 11) is 0. The van der Waals surface area contributed by atoms with Gasteiger partial charge in [-0.25, -0.2) is 0 Å². The summed E-state index contributed by atoms with van der Waals surface area (Å²) >= 11 is 0. The van der Waals surface area contributed by atoms with Gasteiger partial charge in [-0.2, -0.15) is 0 Å². The highest BCUT2D eigenvalue weighted by atomic mass is 16.6. The molecule has 1 heterocycles. The molecule has 0 unspecified atom stereocenters. The van der Waals surface area contributed by atoms with Crippen LogP contribution in [0.15, 0.2) is 12.2 Å². The molecule has 0 radical (unpaired) electrons. The molecule has 0 aromatic rings. The van der Waals surface area contributed by atoms with Gasteiger partial charge in [-0.1, -0.05) is 20.4 Å². The van der Waals surface area contributed by atoms with E-state index in [4.69, 9.17) is 14.2 Å². The molecular formula is C24H32O8. The van der Waals surface area contributed by atoms with Gasteiger partial charge in [0.15, 0.2) is 0 Å². The molecule has 32 heavy (non-hydrogen) atoms. The lowest BCUT2D eigenvalue weighted by Gasteiger charge is -2.63. The molecule has 4 aliphatic rings. The first-order valence-electron chi connectivity index (χ1n) is 11.3. The molecule has 8 heteroatoms. The van der Waals surface area contributed by atoms with Crippen molar-refractivity contribution in [3.63, 3.8) is 0 Å². The van der Waals surface area contributed by atoms with Crippen LogP contribution in [0.4, 0.5) is 0 Å². The fourth-order valence-electron chi connectivity index (χ4n) is 7.51. The van der Waals surface area contributed by atoms with Gasteiger partial charge >= 0.3 is 17.9 Å². The molecule has 2 bridgehead atoms. The van der Waals surface area contributed by atoms with Crippen molar-refractivity contribution in [3.05, 3.63) is 12.2 Å². The van der Waals surface area contributed by atoms with E-state index in [1.807, 2.05) is 13.8 Å². The molecule has 8 atom stereocenters. The summed E-state index contributed by atoms with van der Waals surface area (Å²) in [6.45, 7) is 10.5. The van der Waals surface area contributed by atoms with Crippen LogP contribution in [0.3, 0.4) is 0 Å². The third-order valence-corrected chi connectivity index (χ3v) is 8.59. The van der Waals surface area contributed by atoms with Gasteiger partial charge < -0.3 is 24.1 Å². The summed E-state index contributed by atoms with van der Waals surface area (Å²) < 4.78 is 17.2. The van der Waals surface area contributed by atoms with Gasteiger partial charge in [0.1, 0.15) is 30.5 Å². The minimum atomic E-state index is -1.38. The minimum absolute atomic E-state index is 0.149. The zero-order chi connectivity index (χ0) is 23.6. The molecule has 1 saturated heterocycles. The number of aliphatic hydroxyl groups is 1. The summed E-state index contributed by atoms with van der Waals surface area (Å²) in [6, 6.07) is 0. The predicted molar refractivity (Wildman–Crippen MR) is 111 cm³/mol. The molecule has 1 N–H and O–H groups in total. The van der Waals surface area contributed by atoms with Crippen LogP contribution < -0.4 is 0 Å². The van der Waals surface area contributed by atoms with Crippen LogP contribution in [0.1, 0.15) is 53.4 Å². The first kappa shape index (κ1) is 23.0. The first-order valence-corrected chi connectivity index (χ1v) is 11.3. The predicted octanol–water partition coefficient (Wildman–Crippen LogP) is 1.97. The summed E-state index contributed by atoms with van der Waals surface area (Å²) in [6.07, 6.45) is -0.0798. The van der Waals surface area contributed by atoms with E-state index < -0.39 is 64.3 Å². The number of rotatable bonds is 3. The Balaban J connectivity index is 1.96. The van der Waals surface area contributed by atoms with Crippen molar-refractivity contribution in [1.82, 2.24) is 0 Å². The molecule has 2 spiro atoms. The van der Waals surface area contributed by atoms with Crippen LogP contribution in [0.25, 0.3) is 0 Å². The third-order valence-electron chi connectivity index (χ3n) is 8.59. The molecule has 8 nitrogen and oxygen atoms in total. The Kier molecular flexibility index (Phi) is 5.31. The van der Waals surface area contributed by atoms with E-state index in [0.29, 0.717) is 31.3 Å². The molecule has 4 fully saturated rings. The van der Waals surface area contributed by atoms with Crippen LogP contribution in [0, 0.1) is 34.0 Å². The summed E-state index contributed by atoms with van der Waals surface area (Å²) in [5, 5.41) is 11.5. The van der Waals surface area contributed by atoms with Gasteiger partial charge in [0.05, 0.1) is 11.5 Å². The number of hydrogen-bond acceptors (Lipinski definition) is 8. The van der Waals surface area contributed by atoms with Crippen molar-refractivity contribution >= 4 is 24.2 Å². The zero-order valence-corrected chi connectivity index (χ0v) is 19.1. The second-order valence-corrected chi connectivity index (χ2v) is 10.7. The molecule has 176 valence electrons. The number of aldehydes is 1. The number of fused-ring (bicyclic) bond motifs is 2. The Morgan fingerprint density at radius 2 is 1.88 bits per heavy atom. The minimum Gasteiger partial charge on any atom is -0.464 e. The lowest BCUT2D eigenvalue weighted by molar-refractivity contribution is -0.266. The Hall–Kier alpha value is -2.22. The number of carbonyl (C=O) groups is 4. The van der Waals surface area contributed by atoms with E-state index in [-0.39, 0.29) is 12.5 Å². The van der Waals surface area contributed by atoms with Crippen LogP contribution in [0.2, 0.25) is 0 Å². The lowest BCUT2D eigenvalue weighted by Crippen LogP contribution is -2.71. The van der Waals surface area contributed by atoms with Crippen molar-refractivity contribution in [2.24, 2.45) is 34.0 Å². The van der Waals surface area contributed by atoms with E-state index in [0.717, 1.165) is 6.29 Å². The quantitative estimate of drug-likeness (QED) is 0.302. The Bertz CT molecular complexity index is 877. The van der Waals surface area contributed by atoms with E-state index in [1.54, 1.807) is 0 Å². The summed E-state index contributed by atoms with van der Waals surface area (Å²) in [5.74, 6) is -3.29. The molecule has 3 saturated carbocycles. The highest BCUT2D eigenvalue weighted by Gasteiger charge is 2.77. The molecule has 0 amide bonds. The molecule has 1 aliphatic heterocycles. The van der Waals surface area contributed by atoms with Gasteiger partial charge in [0, 0.05) is 25.7 Å². The van der Waals surface area contributed by atoms with Gasteiger partial charge in [-0.3, -0.25) is 14.4 Å². The first-order chi connectivity index (χ1) is 14.9. The smallest absolute Gasteiger partial charge is 0.316 e. The highest BCUT2D eigenvalue weighted by Crippen LogP contribution is 2.69. The highest BCUT2D eigenvalue weighted by molar-refractivity contribution is 5.83. The second kappa shape index (κ2) is 7.40. The number of cyclic esters (lactones) is 1. The van der Waals surface area contributed by atoms with Crippen LogP contribution in [-0.4, -0.2) is 54.2 Å². The maximum atomic E-state index is 13.4. The van der Waals surface area contributed by atoms with Crippen LogP contribution in [-0.2, 0) is 33.4 Å². The fraction of sp³-hybridized carbons (Fsp3) is 0.750. The Morgan fingerprint density at radius 1 is 1.22 bits per heavy atom. The van der Waals surface area contributed by atoms with E-state index in [9.17, 15) is 24.3 Å². The van der Waals surface area contributed by atoms with Crippen molar-refractivity contribution in [2.45, 2.75) is 71.7 Å². The number of aliphatic hydroxyl groups excluding tert-OH is 1.